The van der Waals surface area contributed by atoms with E-state index in [1.54, 1.807) is 31.2 Å². The van der Waals surface area contributed by atoms with Crippen LogP contribution < -0.4 is 5.43 Å². The molecule has 0 bridgehead atoms. The zero-order valence-corrected chi connectivity index (χ0v) is 12.2. The molecule has 2 rings (SSSR count). The van der Waals surface area contributed by atoms with Gasteiger partial charge in [-0.15, -0.1) is 0 Å². The minimum Gasteiger partial charge on any atom is -0.267 e. The van der Waals surface area contributed by atoms with Crippen molar-refractivity contribution in [2.45, 2.75) is 13.8 Å². The van der Waals surface area contributed by atoms with E-state index in [0.29, 0.717) is 16.8 Å². The van der Waals surface area contributed by atoms with Crippen LogP contribution in [0.3, 0.4) is 0 Å². The molecule has 0 radical (unpaired) electrons. The normalized spacial score (nSPS) is 11.1. The van der Waals surface area contributed by atoms with Gasteiger partial charge >= 0.3 is 0 Å². The maximum Gasteiger partial charge on any atom is 0.271 e. The standard InChI is InChI=1S/C16H15N3O3/c1-11-3-5-14(6-4-11)16(20)18-17-12(2)13-7-9-15(10-8-13)19(21)22/h3-10H,1-2H3,(H,18,20). The zero-order valence-electron chi connectivity index (χ0n) is 12.2. The summed E-state index contributed by atoms with van der Waals surface area (Å²) in [7, 11) is 0. The average Bonchev–Trinajstić information content (AvgIpc) is 2.53. The third-order valence-electron chi connectivity index (χ3n) is 3.13. The van der Waals surface area contributed by atoms with Crippen molar-refractivity contribution < 1.29 is 9.72 Å². The lowest BCUT2D eigenvalue weighted by Crippen LogP contribution is -2.19. The Hall–Kier alpha value is -3.02. The lowest BCUT2D eigenvalue weighted by Gasteiger charge is -2.03. The van der Waals surface area contributed by atoms with Crippen LogP contribution in [0.2, 0.25) is 0 Å². The highest BCUT2D eigenvalue weighted by Gasteiger charge is 2.07. The van der Waals surface area contributed by atoms with E-state index < -0.39 is 4.92 Å². The summed E-state index contributed by atoms with van der Waals surface area (Å²) in [6, 6.07) is 13.1. The SMILES string of the molecule is CC(=NNC(=O)c1ccc(C)cc1)c1ccc([N+](=O)[O-])cc1. The summed E-state index contributed by atoms with van der Waals surface area (Å²) in [5.41, 5.74) is 5.34. The first-order valence-electron chi connectivity index (χ1n) is 6.63. The van der Waals surface area contributed by atoms with Crippen molar-refractivity contribution in [3.63, 3.8) is 0 Å². The van der Waals surface area contributed by atoms with Gasteiger partial charge < -0.3 is 0 Å². The molecule has 0 aliphatic heterocycles. The molecule has 6 heteroatoms. The van der Waals surface area contributed by atoms with Crippen LogP contribution in [0.25, 0.3) is 0 Å². The summed E-state index contributed by atoms with van der Waals surface area (Å²) in [6.07, 6.45) is 0. The molecule has 112 valence electrons. The minimum absolute atomic E-state index is 0.0141. The lowest BCUT2D eigenvalue weighted by molar-refractivity contribution is -0.384. The van der Waals surface area contributed by atoms with Crippen LogP contribution in [0.5, 0.6) is 0 Å². The van der Waals surface area contributed by atoms with Gasteiger partial charge in [-0.25, -0.2) is 5.43 Å². The molecular weight excluding hydrogens is 282 g/mol. The number of carbonyl (C=O) groups excluding carboxylic acids is 1. The number of aryl methyl sites for hydroxylation is 1. The van der Waals surface area contributed by atoms with Gasteiger partial charge in [-0.3, -0.25) is 14.9 Å². The fourth-order valence-electron chi connectivity index (χ4n) is 1.79. The highest BCUT2D eigenvalue weighted by molar-refractivity contribution is 6.00. The molecule has 0 aromatic heterocycles. The molecule has 0 atom stereocenters. The molecule has 0 spiro atoms. The minimum atomic E-state index is -0.463. The van der Waals surface area contributed by atoms with E-state index in [4.69, 9.17) is 0 Å². The molecule has 0 saturated heterocycles. The highest BCUT2D eigenvalue weighted by Crippen LogP contribution is 2.12. The van der Waals surface area contributed by atoms with Gasteiger partial charge in [0.15, 0.2) is 0 Å². The molecule has 6 nitrogen and oxygen atoms in total. The van der Waals surface area contributed by atoms with Crippen molar-refractivity contribution >= 4 is 17.3 Å². The lowest BCUT2D eigenvalue weighted by atomic mass is 10.1. The third-order valence-corrected chi connectivity index (χ3v) is 3.13. The predicted octanol–water partition coefficient (Wildman–Crippen LogP) is 3.06. The maximum absolute atomic E-state index is 11.9. The molecule has 0 aliphatic carbocycles. The predicted molar refractivity (Wildman–Crippen MR) is 84.0 cm³/mol. The van der Waals surface area contributed by atoms with Crippen LogP contribution in [0.1, 0.15) is 28.4 Å². The second kappa shape index (κ2) is 6.62. The molecular formula is C16H15N3O3. The number of nitro groups is 1. The van der Waals surface area contributed by atoms with E-state index >= 15 is 0 Å². The van der Waals surface area contributed by atoms with Gasteiger partial charge in [-0.05, 0) is 43.7 Å². The molecule has 2 aromatic carbocycles. The molecule has 0 heterocycles. The van der Waals surface area contributed by atoms with Crippen LogP contribution >= 0.6 is 0 Å². The summed E-state index contributed by atoms with van der Waals surface area (Å²) in [5, 5.41) is 14.6. The van der Waals surface area contributed by atoms with E-state index in [-0.39, 0.29) is 11.6 Å². The van der Waals surface area contributed by atoms with Crippen LogP contribution in [-0.2, 0) is 0 Å². The summed E-state index contributed by atoms with van der Waals surface area (Å²) in [6.45, 7) is 3.66. The number of hydrogen-bond donors (Lipinski definition) is 1. The van der Waals surface area contributed by atoms with E-state index in [1.165, 1.54) is 12.1 Å². The number of non-ortho nitro benzene ring substituents is 1. The van der Waals surface area contributed by atoms with Crippen LogP contribution in [0, 0.1) is 17.0 Å². The summed E-state index contributed by atoms with van der Waals surface area (Å²) < 4.78 is 0. The molecule has 0 saturated carbocycles. The Labute approximate surface area is 127 Å². The number of amides is 1. The second-order valence-electron chi connectivity index (χ2n) is 4.81. The molecule has 1 amide bonds. The average molecular weight is 297 g/mol. The van der Waals surface area contributed by atoms with Gasteiger partial charge in [-0.1, -0.05) is 17.7 Å². The highest BCUT2D eigenvalue weighted by atomic mass is 16.6. The van der Waals surface area contributed by atoms with Gasteiger partial charge in [0.25, 0.3) is 11.6 Å². The van der Waals surface area contributed by atoms with Gasteiger partial charge in [0.2, 0.25) is 0 Å². The first-order valence-corrected chi connectivity index (χ1v) is 6.63. The third kappa shape index (κ3) is 3.76. The van der Waals surface area contributed by atoms with Crippen molar-refractivity contribution in [2.24, 2.45) is 5.10 Å². The first-order chi connectivity index (χ1) is 10.5. The number of nitrogens with zero attached hydrogens (tertiary/aromatic N) is 2. The largest absolute Gasteiger partial charge is 0.271 e. The van der Waals surface area contributed by atoms with Crippen molar-refractivity contribution in [2.75, 3.05) is 0 Å². The topological polar surface area (TPSA) is 84.6 Å². The van der Waals surface area contributed by atoms with E-state index in [0.717, 1.165) is 5.56 Å². The summed E-state index contributed by atoms with van der Waals surface area (Å²) in [5.74, 6) is -0.304. The van der Waals surface area contributed by atoms with Crippen molar-refractivity contribution in [3.05, 3.63) is 75.3 Å². The quantitative estimate of drug-likeness (QED) is 0.534. The first kappa shape index (κ1) is 15.4. The Bertz CT molecular complexity index is 719. The fraction of sp³-hybridized carbons (Fsp3) is 0.125. The Balaban J connectivity index is 2.07. The monoisotopic (exact) mass is 297 g/mol. The van der Waals surface area contributed by atoms with Crippen LogP contribution in [-0.4, -0.2) is 16.5 Å². The Morgan fingerprint density at radius 2 is 1.59 bits per heavy atom. The maximum atomic E-state index is 11.9. The Morgan fingerprint density at radius 3 is 2.14 bits per heavy atom. The number of hydrazone groups is 1. The number of hydrogen-bond acceptors (Lipinski definition) is 4. The number of benzene rings is 2. The van der Waals surface area contributed by atoms with Crippen LogP contribution in [0.4, 0.5) is 5.69 Å². The fourth-order valence-corrected chi connectivity index (χ4v) is 1.79. The Kier molecular flexibility index (Phi) is 4.63. The van der Waals surface area contributed by atoms with Gasteiger partial charge in [-0.2, -0.15) is 5.10 Å². The van der Waals surface area contributed by atoms with Gasteiger partial charge in [0.05, 0.1) is 10.6 Å². The van der Waals surface area contributed by atoms with E-state index in [9.17, 15) is 14.9 Å². The molecule has 0 unspecified atom stereocenters. The number of nitrogens with one attached hydrogen (secondary N) is 1. The summed E-state index contributed by atoms with van der Waals surface area (Å²) >= 11 is 0. The zero-order chi connectivity index (χ0) is 16.1. The van der Waals surface area contributed by atoms with Crippen molar-refractivity contribution in [1.29, 1.82) is 0 Å². The molecule has 0 fully saturated rings. The number of carbonyl (C=O) groups is 1. The Morgan fingerprint density at radius 1 is 1.05 bits per heavy atom. The molecule has 22 heavy (non-hydrogen) atoms. The smallest absolute Gasteiger partial charge is 0.267 e. The van der Waals surface area contributed by atoms with Crippen LogP contribution in [0.15, 0.2) is 53.6 Å². The second-order valence-corrected chi connectivity index (χ2v) is 4.81. The van der Waals surface area contributed by atoms with E-state index in [2.05, 4.69) is 10.5 Å². The van der Waals surface area contributed by atoms with Gasteiger partial charge in [0.1, 0.15) is 0 Å². The number of nitro benzene ring substituents is 1. The van der Waals surface area contributed by atoms with Crippen molar-refractivity contribution in [3.8, 4) is 0 Å². The van der Waals surface area contributed by atoms with Gasteiger partial charge in [0, 0.05) is 17.7 Å². The molecule has 1 N–H and O–H groups in total. The molecule has 2 aromatic rings. The summed E-state index contributed by atoms with van der Waals surface area (Å²) in [4.78, 5) is 22.1. The molecule has 0 aliphatic rings. The van der Waals surface area contributed by atoms with Crippen molar-refractivity contribution in [1.82, 2.24) is 5.43 Å². The number of rotatable bonds is 4. The van der Waals surface area contributed by atoms with E-state index in [1.807, 2.05) is 19.1 Å².